The van der Waals surface area contributed by atoms with Gasteiger partial charge in [0.2, 0.25) is 0 Å². The number of hydrogen-bond acceptors (Lipinski definition) is 5. The molecule has 0 heterocycles. The molecule has 0 bridgehead atoms. The summed E-state index contributed by atoms with van der Waals surface area (Å²) >= 11 is 0. The highest BCUT2D eigenvalue weighted by molar-refractivity contribution is 4.63. The van der Waals surface area contributed by atoms with Crippen LogP contribution in [0.4, 0.5) is 0 Å². The smallest absolute Gasteiger partial charge is 0.272 e. The summed E-state index contributed by atoms with van der Waals surface area (Å²) in [7, 11) is 0. The SMILES string of the molecule is C=CCOC(OCCO)OCCO. The van der Waals surface area contributed by atoms with Crippen molar-refractivity contribution in [2.45, 2.75) is 6.48 Å². The molecule has 0 aliphatic carbocycles. The highest BCUT2D eigenvalue weighted by Crippen LogP contribution is 1.97. The van der Waals surface area contributed by atoms with Crippen LogP contribution in [0.1, 0.15) is 0 Å². The minimum atomic E-state index is -0.850. The molecule has 5 nitrogen and oxygen atoms in total. The number of aliphatic hydroxyl groups is 2. The van der Waals surface area contributed by atoms with Crippen LogP contribution in [-0.4, -0.2) is 49.7 Å². The van der Waals surface area contributed by atoms with Crippen LogP contribution in [0, 0.1) is 0 Å². The average molecular weight is 192 g/mol. The normalized spacial score (nSPS) is 10.7. The van der Waals surface area contributed by atoms with Crippen LogP contribution in [0.2, 0.25) is 0 Å². The molecule has 0 aliphatic heterocycles. The Morgan fingerprint density at radius 1 is 1.08 bits per heavy atom. The molecule has 0 aromatic rings. The Morgan fingerprint density at radius 2 is 1.62 bits per heavy atom. The van der Waals surface area contributed by atoms with E-state index in [1.807, 2.05) is 0 Å². The molecular weight excluding hydrogens is 176 g/mol. The molecule has 5 heteroatoms. The summed E-state index contributed by atoms with van der Waals surface area (Å²) in [5, 5.41) is 16.9. The third kappa shape index (κ3) is 7.89. The Bertz CT molecular complexity index is 109. The zero-order chi connectivity index (χ0) is 9.94. The van der Waals surface area contributed by atoms with Crippen molar-refractivity contribution < 1.29 is 24.4 Å². The van der Waals surface area contributed by atoms with E-state index in [1.165, 1.54) is 0 Å². The van der Waals surface area contributed by atoms with E-state index in [-0.39, 0.29) is 26.4 Å². The predicted molar refractivity (Wildman–Crippen MR) is 46.0 cm³/mol. The Hall–Kier alpha value is -0.460. The third-order valence-electron chi connectivity index (χ3n) is 1.04. The molecule has 0 spiro atoms. The maximum Gasteiger partial charge on any atom is 0.272 e. The quantitative estimate of drug-likeness (QED) is 0.380. The van der Waals surface area contributed by atoms with E-state index in [1.54, 1.807) is 6.08 Å². The summed E-state index contributed by atoms with van der Waals surface area (Å²) < 4.78 is 14.9. The second kappa shape index (κ2) is 9.63. The first-order valence-corrected chi connectivity index (χ1v) is 4.02. The maximum atomic E-state index is 8.46. The van der Waals surface area contributed by atoms with Gasteiger partial charge in [0.25, 0.3) is 6.48 Å². The van der Waals surface area contributed by atoms with Crippen molar-refractivity contribution >= 4 is 0 Å². The fraction of sp³-hybridized carbons (Fsp3) is 0.750. The van der Waals surface area contributed by atoms with Crippen LogP contribution in [0.3, 0.4) is 0 Å². The van der Waals surface area contributed by atoms with Gasteiger partial charge in [0.05, 0.1) is 33.0 Å². The van der Waals surface area contributed by atoms with Crippen molar-refractivity contribution in [2.75, 3.05) is 33.0 Å². The van der Waals surface area contributed by atoms with Gasteiger partial charge in [-0.05, 0) is 0 Å². The molecule has 0 rings (SSSR count). The van der Waals surface area contributed by atoms with Gasteiger partial charge in [-0.2, -0.15) is 0 Å². The van der Waals surface area contributed by atoms with Gasteiger partial charge in [0, 0.05) is 0 Å². The topological polar surface area (TPSA) is 68.2 Å². The number of ether oxygens (including phenoxy) is 3. The molecule has 0 saturated carbocycles. The van der Waals surface area contributed by atoms with Gasteiger partial charge in [0.15, 0.2) is 0 Å². The Morgan fingerprint density at radius 3 is 2.00 bits per heavy atom. The van der Waals surface area contributed by atoms with Gasteiger partial charge in [-0.1, -0.05) is 6.08 Å². The molecule has 78 valence electrons. The molecule has 2 N–H and O–H groups in total. The van der Waals surface area contributed by atoms with Crippen LogP contribution in [-0.2, 0) is 14.2 Å². The molecule has 0 saturated heterocycles. The van der Waals surface area contributed by atoms with Crippen LogP contribution >= 0.6 is 0 Å². The first-order valence-electron chi connectivity index (χ1n) is 4.02. The van der Waals surface area contributed by atoms with Crippen molar-refractivity contribution in [1.82, 2.24) is 0 Å². The van der Waals surface area contributed by atoms with E-state index in [4.69, 9.17) is 24.4 Å². The van der Waals surface area contributed by atoms with Gasteiger partial charge >= 0.3 is 0 Å². The summed E-state index contributed by atoms with van der Waals surface area (Å²) in [5.41, 5.74) is 0. The Kier molecular flexibility index (Phi) is 9.29. The van der Waals surface area contributed by atoms with Crippen molar-refractivity contribution in [3.05, 3.63) is 12.7 Å². The lowest BCUT2D eigenvalue weighted by molar-refractivity contribution is -0.287. The molecule has 0 radical (unpaired) electrons. The molecule has 0 unspecified atom stereocenters. The summed E-state index contributed by atoms with van der Waals surface area (Å²) in [5.74, 6) is 0. The van der Waals surface area contributed by atoms with E-state index in [0.717, 1.165) is 0 Å². The third-order valence-corrected chi connectivity index (χ3v) is 1.04. The minimum absolute atomic E-state index is 0.101. The van der Waals surface area contributed by atoms with E-state index in [2.05, 4.69) is 6.58 Å². The summed E-state index contributed by atoms with van der Waals surface area (Å²) in [6, 6.07) is 0. The Labute approximate surface area is 77.5 Å². The second-order valence-electron chi connectivity index (χ2n) is 2.10. The van der Waals surface area contributed by atoms with E-state index in [9.17, 15) is 0 Å². The van der Waals surface area contributed by atoms with Crippen LogP contribution < -0.4 is 0 Å². The zero-order valence-corrected chi connectivity index (χ0v) is 7.52. The van der Waals surface area contributed by atoms with Crippen LogP contribution in [0.15, 0.2) is 12.7 Å². The molecule has 13 heavy (non-hydrogen) atoms. The zero-order valence-electron chi connectivity index (χ0n) is 7.52. The van der Waals surface area contributed by atoms with Crippen molar-refractivity contribution in [3.63, 3.8) is 0 Å². The lowest BCUT2D eigenvalue weighted by Crippen LogP contribution is -2.24. The van der Waals surface area contributed by atoms with Gasteiger partial charge in [-0.15, -0.1) is 6.58 Å². The summed E-state index contributed by atoms with van der Waals surface area (Å²) in [6.45, 7) is 2.96. The number of rotatable bonds is 9. The molecule has 0 atom stereocenters. The fourth-order valence-corrected chi connectivity index (χ4v) is 0.589. The van der Waals surface area contributed by atoms with E-state index >= 15 is 0 Å². The maximum absolute atomic E-state index is 8.46. The minimum Gasteiger partial charge on any atom is -0.394 e. The lowest BCUT2D eigenvalue weighted by Gasteiger charge is -2.16. The number of hydrogen-bond donors (Lipinski definition) is 2. The standard InChI is InChI=1S/C8H16O5/c1-2-5-11-8(12-6-3-9)13-7-4-10/h2,8-10H,1,3-7H2. The van der Waals surface area contributed by atoms with Crippen molar-refractivity contribution in [1.29, 1.82) is 0 Å². The molecule has 0 aromatic carbocycles. The van der Waals surface area contributed by atoms with Gasteiger partial charge < -0.3 is 24.4 Å². The van der Waals surface area contributed by atoms with Crippen LogP contribution in [0.5, 0.6) is 0 Å². The van der Waals surface area contributed by atoms with E-state index < -0.39 is 6.48 Å². The first kappa shape index (κ1) is 12.5. The molecule has 0 aliphatic rings. The monoisotopic (exact) mass is 192 g/mol. The Balaban J connectivity index is 3.52. The molecule has 0 aromatic heterocycles. The molecule has 0 amide bonds. The van der Waals surface area contributed by atoms with Gasteiger partial charge in [-0.3, -0.25) is 0 Å². The summed E-state index contributed by atoms with van der Waals surface area (Å²) in [4.78, 5) is 0. The average Bonchev–Trinajstić information content (AvgIpc) is 2.17. The van der Waals surface area contributed by atoms with Gasteiger partial charge in [-0.25, -0.2) is 0 Å². The second-order valence-corrected chi connectivity index (χ2v) is 2.10. The van der Waals surface area contributed by atoms with Crippen molar-refractivity contribution in [2.24, 2.45) is 0 Å². The fourth-order valence-electron chi connectivity index (χ4n) is 0.589. The number of aliphatic hydroxyl groups excluding tert-OH is 2. The van der Waals surface area contributed by atoms with Crippen molar-refractivity contribution in [3.8, 4) is 0 Å². The highest BCUT2D eigenvalue weighted by atomic mass is 16.8. The summed E-state index contributed by atoms with van der Waals surface area (Å²) in [6.07, 6.45) is 1.55. The highest BCUT2D eigenvalue weighted by Gasteiger charge is 2.07. The largest absolute Gasteiger partial charge is 0.394 e. The molecular formula is C8H16O5. The first-order chi connectivity index (χ1) is 6.35. The predicted octanol–water partition coefficient (Wildman–Crippen LogP) is -0.510. The van der Waals surface area contributed by atoms with Gasteiger partial charge in [0.1, 0.15) is 0 Å². The van der Waals surface area contributed by atoms with Crippen LogP contribution in [0.25, 0.3) is 0 Å². The lowest BCUT2D eigenvalue weighted by atomic mass is 10.7. The van der Waals surface area contributed by atoms with E-state index in [0.29, 0.717) is 6.61 Å². The molecule has 0 fully saturated rings.